The number of carbonyl (C=O) groups is 2. The Morgan fingerprint density at radius 1 is 1.40 bits per heavy atom. The molecule has 1 aromatic rings. The van der Waals surface area contributed by atoms with Crippen LogP contribution in [0.15, 0.2) is 11.6 Å². The second-order valence-electron chi connectivity index (χ2n) is 4.47. The van der Waals surface area contributed by atoms with Crippen molar-refractivity contribution in [1.29, 1.82) is 0 Å². The minimum Gasteiger partial charge on any atom is -0.480 e. The number of rotatable bonds is 10. The van der Waals surface area contributed by atoms with Gasteiger partial charge in [0.05, 0.1) is 13.1 Å². The van der Waals surface area contributed by atoms with Crippen molar-refractivity contribution in [3.8, 4) is 0 Å². The predicted octanol–water partition coefficient (Wildman–Crippen LogP) is 0.612. The number of nitrogens with zero attached hydrogens (tertiary/aromatic N) is 2. The van der Waals surface area contributed by atoms with Crippen LogP contribution in [0.3, 0.4) is 0 Å². The van der Waals surface area contributed by atoms with Crippen molar-refractivity contribution >= 4 is 23.3 Å². The molecule has 0 aromatic carbocycles. The molecule has 1 atom stereocenters. The summed E-state index contributed by atoms with van der Waals surface area (Å²) < 4.78 is 0. The van der Waals surface area contributed by atoms with Crippen LogP contribution in [0, 0.1) is 0 Å². The maximum absolute atomic E-state index is 10.8. The Morgan fingerprint density at radius 2 is 2.15 bits per heavy atom. The Hall–Kier alpha value is -1.51. The van der Waals surface area contributed by atoms with Gasteiger partial charge in [0.25, 0.3) is 0 Å². The fourth-order valence-corrected chi connectivity index (χ4v) is 2.41. The van der Waals surface area contributed by atoms with Crippen LogP contribution in [0.2, 0.25) is 0 Å². The molecule has 0 saturated heterocycles. The first kappa shape index (κ1) is 16.5. The summed E-state index contributed by atoms with van der Waals surface area (Å²) in [6.07, 6.45) is 3.44. The Balaban J connectivity index is 2.33. The predicted molar refractivity (Wildman–Crippen MR) is 74.5 cm³/mol. The average Bonchev–Trinajstić information content (AvgIpc) is 2.86. The normalized spacial score (nSPS) is 12.5. The van der Waals surface area contributed by atoms with Crippen LogP contribution in [-0.2, 0) is 16.1 Å². The van der Waals surface area contributed by atoms with Gasteiger partial charge in [-0.1, -0.05) is 6.42 Å². The van der Waals surface area contributed by atoms with Gasteiger partial charge in [0.2, 0.25) is 0 Å². The van der Waals surface area contributed by atoms with Gasteiger partial charge in [0, 0.05) is 11.6 Å². The lowest BCUT2D eigenvalue weighted by atomic mass is 10.1. The van der Waals surface area contributed by atoms with Crippen molar-refractivity contribution in [3.63, 3.8) is 0 Å². The van der Waals surface area contributed by atoms with E-state index in [2.05, 4.69) is 4.98 Å². The highest BCUT2D eigenvalue weighted by molar-refractivity contribution is 7.09. The van der Waals surface area contributed by atoms with E-state index in [1.54, 1.807) is 11.1 Å². The van der Waals surface area contributed by atoms with Crippen molar-refractivity contribution in [3.05, 3.63) is 16.6 Å². The molecule has 1 heterocycles. The molecule has 0 amide bonds. The fourth-order valence-electron chi connectivity index (χ4n) is 1.75. The molecule has 8 heteroatoms. The van der Waals surface area contributed by atoms with Gasteiger partial charge in [0.15, 0.2) is 0 Å². The zero-order chi connectivity index (χ0) is 15.0. The zero-order valence-corrected chi connectivity index (χ0v) is 11.9. The monoisotopic (exact) mass is 301 g/mol. The van der Waals surface area contributed by atoms with Crippen LogP contribution < -0.4 is 5.73 Å². The van der Waals surface area contributed by atoms with Crippen LogP contribution in [0.1, 0.15) is 24.3 Å². The topological polar surface area (TPSA) is 117 Å². The van der Waals surface area contributed by atoms with E-state index in [4.69, 9.17) is 15.9 Å². The summed E-state index contributed by atoms with van der Waals surface area (Å²) in [6, 6.07) is -0.845. The number of hydrogen-bond acceptors (Lipinski definition) is 6. The number of thiazole rings is 1. The molecule has 0 fully saturated rings. The average molecular weight is 301 g/mol. The first-order chi connectivity index (χ1) is 9.49. The lowest BCUT2D eigenvalue weighted by Gasteiger charge is -2.19. The Labute approximate surface area is 121 Å². The highest BCUT2D eigenvalue weighted by Crippen LogP contribution is 2.09. The van der Waals surface area contributed by atoms with Gasteiger partial charge in [-0.2, -0.15) is 0 Å². The molecule has 1 aromatic heterocycles. The minimum absolute atomic E-state index is 0.0510. The highest BCUT2D eigenvalue weighted by Gasteiger charge is 2.13. The SMILES string of the molecule is NC(CCCCN(CC(=O)O)Cc1nccs1)C(=O)O. The fraction of sp³-hybridized carbons (Fsp3) is 0.583. The smallest absolute Gasteiger partial charge is 0.320 e. The zero-order valence-electron chi connectivity index (χ0n) is 11.1. The summed E-state index contributed by atoms with van der Waals surface area (Å²) in [6.45, 7) is 1.03. The third kappa shape index (κ3) is 6.60. The van der Waals surface area contributed by atoms with Gasteiger partial charge in [-0.05, 0) is 19.4 Å². The number of aromatic nitrogens is 1. The highest BCUT2D eigenvalue weighted by atomic mass is 32.1. The number of aliphatic carboxylic acids is 2. The molecule has 7 nitrogen and oxygen atoms in total. The largest absolute Gasteiger partial charge is 0.480 e. The van der Waals surface area contributed by atoms with E-state index in [-0.39, 0.29) is 6.54 Å². The maximum Gasteiger partial charge on any atom is 0.320 e. The van der Waals surface area contributed by atoms with Gasteiger partial charge in [-0.3, -0.25) is 14.5 Å². The summed E-state index contributed by atoms with van der Waals surface area (Å²) in [5.74, 6) is -1.89. The molecule has 0 aliphatic carbocycles. The van der Waals surface area contributed by atoms with Crippen molar-refractivity contribution in [1.82, 2.24) is 9.88 Å². The Bertz CT molecular complexity index is 424. The van der Waals surface area contributed by atoms with E-state index in [0.717, 1.165) is 5.01 Å². The van der Waals surface area contributed by atoms with Gasteiger partial charge in [-0.15, -0.1) is 11.3 Å². The van der Waals surface area contributed by atoms with Crippen LogP contribution in [0.5, 0.6) is 0 Å². The third-order valence-corrected chi connectivity index (χ3v) is 3.52. The van der Waals surface area contributed by atoms with E-state index in [1.807, 2.05) is 5.38 Å². The van der Waals surface area contributed by atoms with Gasteiger partial charge < -0.3 is 15.9 Å². The lowest BCUT2D eigenvalue weighted by Crippen LogP contribution is -2.32. The molecule has 4 N–H and O–H groups in total. The lowest BCUT2D eigenvalue weighted by molar-refractivity contribution is -0.139. The quantitative estimate of drug-likeness (QED) is 0.542. The number of carboxylic acids is 2. The van der Waals surface area contributed by atoms with Crippen molar-refractivity contribution in [2.75, 3.05) is 13.1 Å². The summed E-state index contributed by atoms with van der Waals surface area (Å²) in [7, 11) is 0. The number of nitrogens with two attached hydrogens (primary N) is 1. The van der Waals surface area contributed by atoms with Crippen molar-refractivity contribution in [2.24, 2.45) is 5.73 Å². The van der Waals surface area contributed by atoms with Crippen LogP contribution >= 0.6 is 11.3 Å². The van der Waals surface area contributed by atoms with Gasteiger partial charge in [-0.25, -0.2) is 4.98 Å². The third-order valence-electron chi connectivity index (χ3n) is 2.76. The Morgan fingerprint density at radius 3 is 2.70 bits per heavy atom. The molecular formula is C12H19N3O4S. The number of hydrogen-bond donors (Lipinski definition) is 3. The molecule has 0 saturated carbocycles. The van der Waals surface area contributed by atoms with E-state index in [9.17, 15) is 9.59 Å². The van der Waals surface area contributed by atoms with Crippen LogP contribution in [0.25, 0.3) is 0 Å². The molecule has 0 aliphatic heterocycles. The second-order valence-corrected chi connectivity index (χ2v) is 5.45. The van der Waals surface area contributed by atoms with Crippen molar-refractivity contribution in [2.45, 2.75) is 31.8 Å². The summed E-state index contributed by atoms with van der Waals surface area (Å²) in [5, 5.41) is 20.3. The molecule has 0 aliphatic rings. The number of unbranched alkanes of at least 4 members (excludes halogenated alkanes) is 1. The molecule has 1 rings (SSSR count). The van der Waals surface area contributed by atoms with Gasteiger partial charge in [0.1, 0.15) is 11.0 Å². The molecule has 1 unspecified atom stereocenters. The van der Waals surface area contributed by atoms with Gasteiger partial charge >= 0.3 is 11.9 Å². The Kier molecular flexibility index (Phi) is 7.13. The van der Waals surface area contributed by atoms with Crippen LogP contribution in [0.4, 0.5) is 0 Å². The number of carboxylic acid groups (broad SMARTS) is 2. The molecule has 0 bridgehead atoms. The van der Waals surface area contributed by atoms with E-state index in [1.165, 1.54) is 11.3 Å². The molecular weight excluding hydrogens is 282 g/mol. The molecule has 20 heavy (non-hydrogen) atoms. The van der Waals surface area contributed by atoms with E-state index < -0.39 is 18.0 Å². The van der Waals surface area contributed by atoms with Crippen molar-refractivity contribution < 1.29 is 19.8 Å². The van der Waals surface area contributed by atoms with E-state index >= 15 is 0 Å². The minimum atomic E-state index is -1.00. The first-order valence-electron chi connectivity index (χ1n) is 6.30. The summed E-state index contributed by atoms with van der Waals surface area (Å²) >= 11 is 1.48. The maximum atomic E-state index is 10.8. The second kappa shape index (κ2) is 8.62. The molecule has 112 valence electrons. The standard InChI is InChI=1S/C12H19N3O4S/c13-9(12(18)19)3-1-2-5-15(8-11(16)17)7-10-14-4-6-20-10/h4,6,9H,1-3,5,7-8,13H2,(H,16,17)(H,18,19). The molecule has 0 radical (unpaired) electrons. The van der Waals surface area contributed by atoms with E-state index in [0.29, 0.717) is 32.4 Å². The van der Waals surface area contributed by atoms with Crippen LogP contribution in [-0.4, -0.2) is 51.2 Å². The molecule has 0 spiro atoms. The summed E-state index contributed by atoms with van der Waals surface area (Å²) in [4.78, 5) is 27.3. The first-order valence-corrected chi connectivity index (χ1v) is 7.18. The summed E-state index contributed by atoms with van der Waals surface area (Å²) in [5.41, 5.74) is 5.41.